The molecule has 0 spiro atoms. The maximum atomic E-state index is 12.1. The van der Waals surface area contributed by atoms with E-state index in [9.17, 15) is 9.90 Å². The molecule has 1 N–H and O–H groups in total. The van der Waals surface area contributed by atoms with Crippen molar-refractivity contribution in [3.05, 3.63) is 58.1 Å². The maximum Gasteiger partial charge on any atom is 0.337 e. The number of aliphatic hydroxyl groups is 1. The van der Waals surface area contributed by atoms with Crippen molar-refractivity contribution >= 4 is 28.5 Å². The number of ether oxygens (including phenoxy) is 1. The summed E-state index contributed by atoms with van der Waals surface area (Å²) >= 11 is 6.21. The number of methoxy groups -OCH3 is 1. The fraction of sp³-hybridized carbons (Fsp3) is 0.348. The lowest BCUT2D eigenvalue weighted by Crippen LogP contribution is -2.06. The normalized spacial score (nSPS) is 18.9. The Balaban J connectivity index is 1.81. The van der Waals surface area contributed by atoms with Crippen molar-refractivity contribution in [2.75, 3.05) is 7.11 Å². The summed E-state index contributed by atoms with van der Waals surface area (Å²) < 4.78 is 6.87. The summed E-state index contributed by atoms with van der Waals surface area (Å²) in [5, 5.41) is 12.9. The summed E-state index contributed by atoms with van der Waals surface area (Å²) in [7, 11) is 1.38. The molecule has 2 aromatic carbocycles. The summed E-state index contributed by atoms with van der Waals surface area (Å²) in [6, 6.07) is 11.4. The van der Waals surface area contributed by atoms with Gasteiger partial charge in [-0.3, -0.25) is 0 Å². The van der Waals surface area contributed by atoms with Crippen molar-refractivity contribution in [3.8, 4) is 11.3 Å². The van der Waals surface area contributed by atoms with Crippen LogP contribution >= 0.6 is 11.6 Å². The van der Waals surface area contributed by atoms with Crippen molar-refractivity contribution < 1.29 is 14.6 Å². The van der Waals surface area contributed by atoms with Gasteiger partial charge in [-0.05, 0) is 48.6 Å². The standard InChI is InChI=1S/C23H22ClNO3/c1-28-23(27)14-7-9-17-19(11-14)25-21(20(17)13-5-3-2-4-6-13)16-10-8-15(24)12-18(16)22(25)26/h7-13,22,26H,2-6H2,1H3. The molecule has 0 radical (unpaired) electrons. The predicted octanol–water partition coefficient (Wildman–Crippen LogP) is 5.65. The van der Waals surface area contributed by atoms with Crippen LogP contribution in [0.3, 0.4) is 0 Å². The number of hydrogen-bond donors (Lipinski definition) is 1. The number of rotatable bonds is 2. The third-order valence-corrected chi connectivity index (χ3v) is 6.50. The fourth-order valence-electron chi connectivity index (χ4n) is 5.02. The minimum atomic E-state index is -0.809. The Morgan fingerprint density at radius 1 is 1.14 bits per heavy atom. The molecule has 0 saturated heterocycles. The highest BCUT2D eigenvalue weighted by molar-refractivity contribution is 6.30. The van der Waals surface area contributed by atoms with E-state index in [0.717, 1.165) is 40.6 Å². The zero-order valence-corrected chi connectivity index (χ0v) is 16.5. The number of nitrogens with zero attached hydrogens (tertiary/aromatic N) is 1. The smallest absolute Gasteiger partial charge is 0.337 e. The van der Waals surface area contributed by atoms with Crippen LogP contribution in [0.1, 0.15) is 65.7 Å². The van der Waals surface area contributed by atoms with E-state index in [1.165, 1.54) is 31.9 Å². The fourth-order valence-corrected chi connectivity index (χ4v) is 5.20. The molecule has 1 fully saturated rings. The number of hydrogen-bond acceptors (Lipinski definition) is 3. The summed E-state index contributed by atoms with van der Waals surface area (Å²) in [4.78, 5) is 12.1. The SMILES string of the molecule is COC(=O)c1ccc2c(C3CCCCC3)c3n(c2c1)C(O)c1cc(Cl)ccc1-3. The van der Waals surface area contributed by atoms with Gasteiger partial charge in [-0.1, -0.05) is 43.0 Å². The van der Waals surface area contributed by atoms with E-state index < -0.39 is 6.23 Å². The molecular weight excluding hydrogens is 374 g/mol. The summed E-state index contributed by atoms with van der Waals surface area (Å²) in [6.07, 6.45) is 5.25. The van der Waals surface area contributed by atoms with Crippen molar-refractivity contribution in [2.45, 2.75) is 44.2 Å². The average molecular weight is 396 g/mol. The molecule has 144 valence electrons. The zero-order chi connectivity index (χ0) is 19.4. The van der Waals surface area contributed by atoms with Gasteiger partial charge < -0.3 is 14.4 Å². The molecular formula is C23H22ClNO3. The number of aromatic nitrogens is 1. The van der Waals surface area contributed by atoms with Gasteiger partial charge in [-0.25, -0.2) is 4.79 Å². The van der Waals surface area contributed by atoms with Crippen LogP contribution < -0.4 is 0 Å². The molecule has 0 bridgehead atoms. The van der Waals surface area contributed by atoms with Crippen molar-refractivity contribution in [2.24, 2.45) is 0 Å². The number of aliphatic hydroxyl groups excluding tert-OH is 1. The molecule has 1 unspecified atom stereocenters. The number of carbonyl (C=O) groups excluding carboxylic acids is 1. The van der Waals surface area contributed by atoms with E-state index in [-0.39, 0.29) is 5.97 Å². The van der Waals surface area contributed by atoms with Crippen molar-refractivity contribution in [1.82, 2.24) is 4.57 Å². The minimum absolute atomic E-state index is 0.371. The van der Waals surface area contributed by atoms with Crippen LogP contribution in [0.5, 0.6) is 0 Å². The highest BCUT2D eigenvalue weighted by Gasteiger charge is 2.35. The Morgan fingerprint density at radius 2 is 1.93 bits per heavy atom. The zero-order valence-electron chi connectivity index (χ0n) is 15.7. The first-order valence-corrected chi connectivity index (χ1v) is 10.2. The second-order valence-electron chi connectivity index (χ2n) is 7.80. The van der Waals surface area contributed by atoms with Crippen molar-refractivity contribution in [3.63, 3.8) is 0 Å². The summed E-state index contributed by atoms with van der Waals surface area (Å²) in [5.74, 6) is 0.0926. The lowest BCUT2D eigenvalue weighted by molar-refractivity contribution is 0.0600. The van der Waals surface area contributed by atoms with Gasteiger partial charge in [-0.2, -0.15) is 0 Å². The van der Waals surface area contributed by atoms with Gasteiger partial charge in [0.1, 0.15) is 0 Å². The van der Waals surface area contributed by atoms with E-state index in [2.05, 4.69) is 0 Å². The van der Waals surface area contributed by atoms with Gasteiger partial charge in [0.2, 0.25) is 0 Å². The van der Waals surface area contributed by atoms with Crippen LogP contribution in [0.25, 0.3) is 22.2 Å². The monoisotopic (exact) mass is 395 g/mol. The molecule has 1 aliphatic heterocycles. The second kappa shape index (κ2) is 6.64. The van der Waals surface area contributed by atoms with E-state index >= 15 is 0 Å². The molecule has 1 aromatic heterocycles. The number of benzene rings is 2. The largest absolute Gasteiger partial charge is 0.465 e. The second-order valence-corrected chi connectivity index (χ2v) is 8.23. The first-order valence-electron chi connectivity index (χ1n) is 9.84. The maximum absolute atomic E-state index is 12.1. The lowest BCUT2D eigenvalue weighted by Gasteiger charge is -2.23. The Hall–Kier alpha value is -2.30. The average Bonchev–Trinajstić information content (AvgIpc) is 3.20. The Kier molecular flexibility index (Phi) is 4.22. The molecule has 1 atom stereocenters. The first kappa shape index (κ1) is 17.8. The van der Waals surface area contributed by atoms with Gasteiger partial charge in [0, 0.05) is 21.5 Å². The highest BCUT2D eigenvalue weighted by Crippen LogP contribution is 2.51. The predicted molar refractivity (Wildman–Crippen MR) is 110 cm³/mol. The van der Waals surface area contributed by atoms with Crippen LogP contribution in [-0.2, 0) is 4.74 Å². The molecule has 1 aliphatic carbocycles. The Labute approximate surface area is 168 Å². The molecule has 2 aliphatic rings. The molecule has 5 heteroatoms. The van der Waals surface area contributed by atoms with Crippen LogP contribution in [0.4, 0.5) is 0 Å². The van der Waals surface area contributed by atoms with Crippen molar-refractivity contribution in [1.29, 1.82) is 0 Å². The van der Waals surface area contributed by atoms with Gasteiger partial charge in [0.15, 0.2) is 6.23 Å². The number of halogens is 1. The highest BCUT2D eigenvalue weighted by atomic mass is 35.5. The third-order valence-electron chi connectivity index (χ3n) is 6.27. The number of carbonyl (C=O) groups is 1. The van der Waals surface area contributed by atoms with Crippen LogP contribution in [0.2, 0.25) is 5.02 Å². The molecule has 4 nitrogen and oxygen atoms in total. The van der Waals surface area contributed by atoms with Gasteiger partial charge in [0.25, 0.3) is 0 Å². The topological polar surface area (TPSA) is 51.5 Å². The number of fused-ring (bicyclic) bond motifs is 5. The molecule has 0 amide bonds. The van der Waals surface area contributed by atoms with Gasteiger partial charge in [0.05, 0.1) is 23.9 Å². The van der Waals surface area contributed by atoms with Gasteiger partial charge >= 0.3 is 5.97 Å². The summed E-state index contributed by atoms with van der Waals surface area (Å²) in [5.41, 5.74) is 5.59. The molecule has 1 saturated carbocycles. The van der Waals surface area contributed by atoms with E-state index in [4.69, 9.17) is 16.3 Å². The Morgan fingerprint density at radius 3 is 2.68 bits per heavy atom. The Bertz CT molecular complexity index is 1090. The van der Waals surface area contributed by atoms with E-state index in [1.54, 1.807) is 0 Å². The first-order chi connectivity index (χ1) is 13.6. The molecule has 28 heavy (non-hydrogen) atoms. The van der Waals surface area contributed by atoms with Crippen LogP contribution in [-0.4, -0.2) is 22.8 Å². The lowest BCUT2D eigenvalue weighted by atomic mass is 9.81. The van der Waals surface area contributed by atoms with E-state index in [1.807, 2.05) is 41.0 Å². The molecule has 3 aromatic rings. The van der Waals surface area contributed by atoms with Crippen LogP contribution in [0.15, 0.2) is 36.4 Å². The van der Waals surface area contributed by atoms with E-state index in [0.29, 0.717) is 16.5 Å². The molecule has 2 heterocycles. The minimum Gasteiger partial charge on any atom is -0.465 e. The van der Waals surface area contributed by atoms with Crippen LogP contribution in [0, 0.1) is 0 Å². The van der Waals surface area contributed by atoms with Gasteiger partial charge in [-0.15, -0.1) is 0 Å². The third kappa shape index (κ3) is 2.51. The summed E-state index contributed by atoms with van der Waals surface area (Å²) in [6.45, 7) is 0. The number of esters is 1. The molecule has 5 rings (SSSR count). The quantitative estimate of drug-likeness (QED) is 0.570.